The largest absolute Gasteiger partial charge is 0.394 e. The fourth-order valence-electron chi connectivity index (χ4n) is 3.77. The Morgan fingerprint density at radius 1 is 1.19 bits per heavy atom. The number of hydrogen-bond donors (Lipinski definition) is 0. The summed E-state index contributed by atoms with van der Waals surface area (Å²) in [6, 6.07) is 10.7. The van der Waals surface area contributed by atoms with Gasteiger partial charge in [-0.1, -0.05) is 29.1 Å². The molecule has 8 heteroatoms. The standard InChI is InChI=1S/C24H32N2O4S2/c1-18(25-29-14-11-26-9-12-27-13-10-26)19-5-7-21(8-6-19)32-22-15-20(16-31-22)24(4)17-28-23(2,3)30-24/h5-8,15-16H,9-14,17H2,1-4H3/b25-18+/t24-/m1/s1. The van der Waals surface area contributed by atoms with Gasteiger partial charge in [-0.25, -0.2) is 0 Å². The summed E-state index contributed by atoms with van der Waals surface area (Å²) >= 11 is 3.50. The second kappa shape index (κ2) is 10.2. The van der Waals surface area contributed by atoms with Crippen LogP contribution in [0.3, 0.4) is 0 Å². The van der Waals surface area contributed by atoms with Gasteiger partial charge in [0.2, 0.25) is 0 Å². The summed E-state index contributed by atoms with van der Waals surface area (Å²) in [5, 5.41) is 6.46. The van der Waals surface area contributed by atoms with E-state index in [1.165, 1.54) is 14.7 Å². The van der Waals surface area contributed by atoms with Crippen LogP contribution in [0, 0.1) is 0 Å². The Morgan fingerprint density at radius 3 is 2.62 bits per heavy atom. The van der Waals surface area contributed by atoms with Crippen LogP contribution < -0.4 is 0 Å². The summed E-state index contributed by atoms with van der Waals surface area (Å²) in [5.74, 6) is -0.536. The number of nitrogens with zero attached hydrogens (tertiary/aromatic N) is 2. The van der Waals surface area contributed by atoms with Gasteiger partial charge in [-0.15, -0.1) is 11.3 Å². The fraction of sp³-hybridized carbons (Fsp3) is 0.542. The molecule has 3 heterocycles. The summed E-state index contributed by atoms with van der Waals surface area (Å²) in [4.78, 5) is 9.06. The molecule has 2 aromatic rings. The lowest BCUT2D eigenvalue weighted by Crippen LogP contribution is -2.38. The number of hydrogen-bond acceptors (Lipinski definition) is 8. The van der Waals surface area contributed by atoms with Crippen molar-refractivity contribution < 1.29 is 19.0 Å². The van der Waals surface area contributed by atoms with Gasteiger partial charge in [0, 0.05) is 24.5 Å². The zero-order valence-corrected chi connectivity index (χ0v) is 20.9. The second-order valence-corrected chi connectivity index (χ2v) is 11.1. The Hall–Kier alpha value is -1.42. The maximum absolute atomic E-state index is 6.14. The SMILES string of the molecule is C/C(=N\OCCN1CCOCC1)c1ccc(Sc2cc([C@@]3(C)COC(C)(C)O3)cs2)cc1. The maximum Gasteiger partial charge on any atom is 0.164 e. The molecule has 0 radical (unpaired) electrons. The van der Waals surface area contributed by atoms with Crippen LogP contribution in [-0.4, -0.2) is 62.5 Å². The third kappa shape index (κ3) is 6.12. The highest BCUT2D eigenvalue weighted by Crippen LogP contribution is 2.42. The van der Waals surface area contributed by atoms with E-state index in [-0.39, 0.29) is 0 Å². The van der Waals surface area contributed by atoms with E-state index in [0.29, 0.717) is 13.2 Å². The van der Waals surface area contributed by atoms with E-state index >= 15 is 0 Å². The molecule has 0 spiro atoms. The van der Waals surface area contributed by atoms with Crippen molar-refractivity contribution in [2.75, 3.05) is 46.1 Å². The molecule has 2 aliphatic rings. The summed E-state index contributed by atoms with van der Waals surface area (Å²) in [5.41, 5.74) is 2.73. The van der Waals surface area contributed by atoms with Crippen LogP contribution in [0.2, 0.25) is 0 Å². The molecule has 2 saturated heterocycles. The average molecular weight is 477 g/mol. The van der Waals surface area contributed by atoms with E-state index in [9.17, 15) is 0 Å². The van der Waals surface area contributed by atoms with Crippen molar-refractivity contribution >= 4 is 28.8 Å². The lowest BCUT2D eigenvalue weighted by atomic mass is 10.0. The van der Waals surface area contributed by atoms with Gasteiger partial charge in [0.25, 0.3) is 0 Å². The van der Waals surface area contributed by atoms with Crippen molar-refractivity contribution in [1.82, 2.24) is 4.90 Å². The van der Waals surface area contributed by atoms with Crippen LogP contribution >= 0.6 is 23.1 Å². The number of oxime groups is 1. The van der Waals surface area contributed by atoms with Gasteiger partial charge < -0.3 is 19.0 Å². The van der Waals surface area contributed by atoms with E-state index in [1.54, 1.807) is 23.1 Å². The van der Waals surface area contributed by atoms with Crippen LogP contribution in [0.1, 0.15) is 38.8 Å². The highest BCUT2D eigenvalue weighted by atomic mass is 32.2. The van der Waals surface area contributed by atoms with Crippen molar-refractivity contribution in [2.45, 2.75) is 48.2 Å². The van der Waals surface area contributed by atoms with E-state index in [0.717, 1.165) is 44.1 Å². The predicted octanol–water partition coefficient (Wildman–Crippen LogP) is 4.97. The number of benzene rings is 1. The Bertz CT molecular complexity index is 922. The number of ether oxygens (including phenoxy) is 3. The first kappa shape index (κ1) is 23.7. The second-order valence-electron chi connectivity index (χ2n) is 8.77. The zero-order chi connectivity index (χ0) is 22.6. The Balaban J connectivity index is 1.29. The Morgan fingerprint density at radius 2 is 1.94 bits per heavy atom. The minimum Gasteiger partial charge on any atom is -0.394 e. The molecule has 0 N–H and O–H groups in total. The molecule has 1 aromatic carbocycles. The topological polar surface area (TPSA) is 52.5 Å². The molecule has 174 valence electrons. The smallest absolute Gasteiger partial charge is 0.164 e. The highest BCUT2D eigenvalue weighted by molar-refractivity contribution is 8.01. The van der Waals surface area contributed by atoms with E-state index < -0.39 is 11.4 Å². The number of rotatable bonds is 8. The van der Waals surface area contributed by atoms with Gasteiger partial charge in [0.15, 0.2) is 5.79 Å². The third-order valence-electron chi connectivity index (χ3n) is 5.65. The van der Waals surface area contributed by atoms with E-state index in [1.807, 2.05) is 20.8 Å². The molecule has 0 aliphatic carbocycles. The van der Waals surface area contributed by atoms with Gasteiger partial charge >= 0.3 is 0 Å². The van der Waals surface area contributed by atoms with Crippen LogP contribution in [0.25, 0.3) is 0 Å². The molecule has 6 nitrogen and oxygen atoms in total. The minimum absolute atomic E-state index is 0.391. The summed E-state index contributed by atoms with van der Waals surface area (Å²) in [6.07, 6.45) is 0. The lowest BCUT2D eigenvalue weighted by Gasteiger charge is -2.25. The van der Waals surface area contributed by atoms with Crippen LogP contribution in [0.4, 0.5) is 0 Å². The monoisotopic (exact) mass is 476 g/mol. The predicted molar refractivity (Wildman–Crippen MR) is 129 cm³/mol. The van der Waals surface area contributed by atoms with Gasteiger partial charge in [-0.3, -0.25) is 4.90 Å². The molecule has 1 atom stereocenters. The number of thiophene rings is 1. The molecule has 2 aliphatic heterocycles. The van der Waals surface area contributed by atoms with E-state index in [4.69, 9.17) is 19.0 Å². The molecular formula is C24H32N2O4S2. The van der Waals surface area contributed by atoms with Gasteiger partial charge in [0.1, 0.15) is 12.2 Å². The minimum atomic E-state index is -0.536. The van der Waals surface area contributed by atoms with Crippen LogP contribution in [0.5, 0.6) is 0 Å². The van der Waals surface area contributed by atoms with E-state index in [2.05, 4.69) is 52.7 Å². The zero-order valence-electron chi connectivity index (χ0n) is 19.3. The number of morpholine rings is 1. The quantitative estimate of drug-likeness (QED) is 0.305. The van der Waals surface area contributed by atoms with Gasteiger partial charge in [-0.05, 0) is 62.4 Å². The molecular weight excluding hydrogens is 444 g/mol. The molecule has 4 rings (SSSR count). The Kier molecular flexibility index (Phi) is 7.59. The molecule has 32 heavy (non-hydrogen) atoms. The maximum atomic E-state index is 6.14. The highest BCUT2D eigenvalue weighted by Gasteiger charge is 2.43. The molecule has 0 bridgehead atoms. The van der Waals surface area contributed by atoms with Gasteiger partial charge in [-0.2, -0.15) is 0 Å². The van der Waals surface area contributed by atoms with Crippen LogP contribution in [-0.2, 0) is 24.6 Å². The first-order valence-electron chi connectivity index (χ1n) is 11.0. The molecule has 1 aromatic heterocycles. The van der Waals surface area contributed by atoms with Crippen LogP contribution in [0.15, 0.2) is 50.0 Å². The molecule has 0 amide bonds. The molecule has 2 fully saturated rings. The van der Waals surface area contributed by atoms with Crippen molar-refractivity contribution in [3.05, 3.63) is 46.8 Å². The summed E-state index contributed by atoms with van der Waals surface area (Å²) < 4.78 is 18.5. The summed E-state index contributed by atoms with van der Waals surface area (Å²) in [6.45, 7) is 13.6. The molecule has 0 unspecified atom stereocenters. The molecule has 0 saturated carbocycles. The Labute approximate surface area is 198 Å². The summed E-state index contributed by atoms with van der Waals surface area (Å²) in [7, 11) is 0. The van der Waals surface area contributed by atoms with Crippen molar-refractivity contribution in [3.8, 4) is 0 Å². The van der Waals surface area contributed by atoms with Crippen molar-refractivity contribution in [2.24, 2.45) is 5.16 Å². The van der Waals surface area contributed by atoms with Crippen molar-refractivity contribution in [3.63, 3.8) is 0 Å². The lowest BCUT2D eigenvalue weighted by molar-refractivity contribution is -0.159. The first-order valence-corrected chi connectivity index (χ1v) is 12.7. The normalized spacial score (nSPS) is 24.1. The van der Waals surface area contributed by atoms with Crippen molar-refractivity contribution in [1.29, 1.82) is 0 Å². The first-order chi connectivity index (χ1) is 15.3. The fourth-order valence-corrected chi connectivity index (χ4v) is 5.84. The third-order valence-corrected chi connectivity index (χ3v) is 7.73. The average Bonchev–Trinajstić information content (AvgIpc) is 3.37. The van der Waals surface area contributed by atoms with Gasteiger partial charge in [0.05, 0.1) is 29.7 Å².